The van der Waals surface area contributed by atoms with Gasteiger partial charge in [0, 0.05) is 30.8 Å². The molecule has 1 atom stereocenters. The fraction of sp³-hybridized carbons (Fsp3) is 0.480. The molecule has 0 saturated carbocycles. The van der Waals surface area contributed by atoms with Gasteiger partial charge in [-0.25, -0.2) is 4.68 Å². The third-order valence-corrected chi connectivity index (χ3v) is 5.97. The van der Waals surface area contributed by atoms with Gasteiger partial charge >= 0.3 is 0 Å². The Morgan fingerprint density at radius 1 is 1.13 bits per heavy atom. The van der Waals surface area contributed by atoms with Crippen molar-refractivity contribution in [3.05, 3.63) is 59.9 Å². The molecule has 1 aromatic heterocycles. The molecule has 1 aliphatic heterocycles. The Morgan fingerprint density at radius 3 is 2.81 bits per heavy atom. The molecule has 2 aromatic carbocycles. The van der Waals surface area contributed by atoms with Crippen molar-refractivity contribution in [3.63, 3.8) is 0 Å². The van der Waals surface area contributed by atoms with Gasteiger partial charge in [-0.1, -0.05) is 32.0 Å². The van der Waals surface area contributed by atoms with Gasteiger partial charge in [-0.15, -0.1) is 5.10 Å². The summed E-state index contributed by atoms with van der Waals surface area (Å²) in [4.78, 5) is 2.61. The monoisotopic (exact) mass is 419 g/mol. The van der Waals surface area contributed by atoms with Gasteiger partial charge in [-0.05, 0) is 78.3 Å². The van der Waals surface area contributed by atoms with E-state index >= 15 is 0 Å². The van der Waals surface area contributed by atoms with Crippen LogP contribution in [-0.2, 0) is 6.42 Å². The van der Waals surface area contributed by atoms with Gasteiger partial charge in [0.15, 0.2) is 0 Å². The number of hydrogen-bond acceptors (Lipinski definition) is 5. The van der Waals surface area contributed by atoms with Crippen LogP contribution in [-0.4, -0.2) is 39.4 Å². The van der Waals surface area contributed by atoms with E-state index in [0.717, 1.165) is 30.0 Å². The molecule has 31 heavy (non-hydrogen) atoms. The lowest BCUT2D eigenvalue weighted by molar-refractivity contribution is 0.321. The molecular weight excluding hydrogens is 386 g/mol. The summed E-state index contributed by atoms with van der Waals surface area (Å²) < 4.78 is 7.92. The van der Waals surface area contributed by atoms with Crippen molar-refractivity contribution in [2.75, 3.05) is 18.1 Å². The predicted octanol–water partition coefficient (Wildman–Crippen LogP) is 5.00. The Kier molecular flexibility index (Phi) is 6.85. The first-order valence-electron chi connectivity index (χ1n) is 11.4. The second-order valence-electron chi connectivity index (χ2n) is 8.96. The summed E-state index contributed by atoms with van der Waals surface area (Å²) >= 11 is 0. The maximum atomic E-state index is 6.22. The maximum absolute atomic E-state index is 6.22. The number of aryl methyl sites for hydroxylation is 1. The van der Waals surface area contributed by atoms with E-state index in [-0.39, 0.29) is 0 Å². The zero-order valence-electron chi connectivity index (χ0n) is 18.9. The van der Waals surface area contributed by atoms with Crippen LogP contribution in [0.25, 0.3) is 5.69 Å². The summed E-state index contributed by atoms with van der Waals surface area (Å²) in [6, 6.07) is 15.5. The van der Waals surface area contributed by atoms with Crippen LogP contribution < -0.4 is 9.64 Å². The molecule has 6 nitrogen and oxygen atoms in total. The molecular formula is C25H33N5O. The van der Waals surface area contributed by atoms with E-state index in [1.807, 2.05) is 18.2 Å². The van der Waals surface area contributed by atoms with Gasteiger partial charge in [0.1, 0.15) is 12.1 Å². The summed E-state index contributed by atoms with van der Waals surface area (Å²) in [6.45, 7) is 8.55. The second kappa shape index (κ2) is 9.94. The molecule has 4 rings (SSSR count). The van der Waals surface area contributed by atoms with Crippen LogP contribution in [0.5, 0.6) is 5.75 Å². The Hall–Kier alpha value is -2.89. The molecule has 6 heteroatoms. The molecule has 0 N–H and O–H groups in total. The smallest absolute Gasteiger partial charge is 0.143 e. The van der Waals surface area contributed by atoms with Crippen molar-refractivity contribution in [2.45, 2.75) is 58.9 Å². The van der Waals surface area contributed by atoms with Gasteiger partial charge in [0.2, 0.25) is 0 Å². The molecule has 2 heterocycles. The number of ether oxygens (including phenoxy) is 1. The van der Waals surface area contributed by atoms with Crippen LogP contribution in [0.15, 0.2) is 48.8 Å². The lowest BCUT2D eigenvalue weighted by Crippen LogP contribution is -2.40. The highest BCUT2D eigenvalue weighted by atomic mass is 16.5. The maximum Gasteiger partial charge on any atom is 0.143 e. The van der Waals surface area contributed by atoms with E-state index in [1.54, 1.807) is 11.0 Å². The number of nitrogens with zero attached hydrogens (tertiary/aromatic N) is 5. The summed E-state index contributed by atoms with van der Waals surface area (Å²) in [6.07, 6.45) is 7.56. The van der Waals surface area contributed by atoms with E-state index in [1.165, 1.54) is 36.9 Å². The van der Waals surface area contributed by atoms with Crippen LogP contribution in [0.1, 0.15) is 50.7 Å². The van der Waals surface area contributed by atoms with E-state index in [0.29, 0.717) is 18.6 Å². The zero-order chi connectivity index (χ0) is 21.6. The van der Waals surface area contributed by atoms with Gasteiger partial charge in [-0.2, -0.15) is 0 Å². The van der Waals surface area contributed by atoms with Crippen LogP contribution in [0.3, 0.4) is 0 Å². The number of piperidine rings is 1. The molecule has 0 amide bonds. The average Bonchev–Trinajstić information content (AvgIpc) is 3.28. The quantitative estimate of drug-likeness (QED) is 0.514. The van der Waals surface area contributed by atoms with Crippen LogP contribution >= 0.6 is 0 Å². The molecule has 1 fully saturated rings. The molecule has 1 aliphatic rings. The highest BCUT2D eigenvalue weighted by molar-refractivity contribution is 5.54. The summed E-state index contributed by atoms with van der Waals surface area (Å²) in [5.41, 5.74) is 4.70. The van der Waals surface area contributed by atoms with Crippen LogP contribution in [0.4, 0.5) is 5.69 Å². The van der Waals surface area contributed by atoms with Crippen molar-refractivity contribution in [2.24, 2.45) is 5.92 Å². The number of hydrogen-bond donors (Lipinski definition) is 0. The number of anilines is 1. The van der Waals surface area contributed by atoms with E-state index in [4.69, 9.17) is 4.74 Å². The normalized spacial score (nSPS) is 16.6. The molecule has 1 unspecified atom stereocenters. The molecule has 1 saturated heterocycles. The van der Waals surface area contributed by atoms with Gasteiger partial charge in [-0.3, -0.25) is 0 Å². The van der Waals surface area contributed by atoms with Gasteiger partial charge < -0.3 is 9.64 Å². The Balaban J connectivity index is 1.45. The van der Waals surface area contributed by atoms with Crippen LogP contribution in [0.2, 0.25) is 0 Å². The fourth-order valence-corrected chi connectivity index (χ4v) is 4.60. The largest absolute Gasteiger partial charge is 0.493 e. The predicted molar refractivity (Wildman–Crippen MR) is 124 cm³/mol. The van der Waals surface area contributed by atoms with Crippen molar-refractivity contribution < 1.29 is 4.74 Å². The van der Waals surface area contributed by atoms with E-state index in [2.05, 4.69) is 65.5 Å². The van der Waals surface area contributed by atoms with Gasteiger partial charge in [0.25, 0.3) is 0 Å². The lowest BCUT2D eigenvalue weighted by Gasteiger charge is -2.39. The highest BCUT2D eigenvalue weighted by Crippen LogP contribution is 2.32. The van der Waals surface area contributed by atoms with Crippen molar-refractivity contribution in [1.82, 2.24) is 20.2 Å². The third kappa shape index (κ3) is 5.43. The standard InChI is InChI=1S/C25H33N5O/c1-19(2)14-22-9-6-7-12-29(22)23-15-20(3)16-24(17-23)31-13-11-21-8-4-5-10-25(21)30-18-26-27-28-30/h4-5,8,10,15-19,22H,6-7,9,11-14H2,1-3H3. The first kappa shape index (κ1) is 21.3. The summed E-state index contributed by atoms with van der Waals surface area (Å²) in [5, 5.41) is 11.5. The Morgan fingerprint density at radius 2 is 2.00 bits per heavy atom. The number of para-hydroxylation sites is 1. The minimum absolute atomic E-state index is 0.609. The minimum Gasteiger partial charge on any atom is -0.493 e. The Labute approximate surface area is 185 Å². The molecule has 164 valence electrons. The minimum atomic E-state index is 0.609. The number of tetrazole rings is 1. The molecule has 3 aromatic rings. The SMILES string of the molecule is Cc1cc(OCCc2ccccc2-n2cnnn2)cc(N2CCCCC2CC(C)C)c1. The topological polar surface area (TPSA) is 56.1 Å². The van der Waals surface area contributed by atoms with Gasteiger partial charge in [0.05, 0.1) is 12.3 Å². The van der Waals surface area contributed by atoms with Crippen molar-refractivity contribution in [1.29, 1.82) is 0 Å². The molecule has 0 bridgehead atoms. The average molecular weight is 420 g/mol. The number of aromatic nitrogens is 4. The first-order valence-corrected chi connectivity index (χ1v) is 11.4. The zero-order valence-corrected chi connectivity index (χ0v) is 18.9. The van der Waals surface area contributed by atoms with Crippen LogP contribution in [0, 0.1) is 12.8 Å². The first-order chi connectivity index (χ1) is 15.1. The number of benzene rings is 2. The second-order valence-corrected chi connectivity index (χ2v) is 8.96. The molecule has 0 radical (unpaired) electrons. The third-order valence-electron chi connectivity index (χ3n) is 5.97. The molecule has 0 aliphatic carbocycles. The highest BCUT2D eigenvalue weighted by Gasteiger charge is 2.24. The molecule has 0 spiro atoms. The van der Waals surface area contributed by atoms with E-state index < -0.39 is 0 Å². The van der Waals surface area contributed by atoms with Crippen molar-refractivity contribution >= 4 is 5.69 Å². The van der Waals surface area contributed by atoms with E-state index in [9.17, 15) is 0 Å². The Bertz CT molecular complexity index is 970. The summed E-state index contributed by atoms with van der Waals surface area (Å²) in [7, 11) is 0. The fourth-order valence-electron chi connectivity index (χ4n) is 4.60. The number of rotatable bonds is 8. The van der Waals surface area contributed by atoms with Crippen molar-refractivity contribution in [3.8, 4) is 11.4 Å². The summed E-state index contributed by atoms with van der Waals surface area (Å²) in [5.74, 6) is 1.66. The lowest BCUT2D eigenvalue weighted by atomic mass is 9.93.